The maximum atomic E-state index is 13.1. The average molecular weight is 852 g/mol. The fourth-order valence-electron chi connectivity index (χ4n) is 6.16. The molecule has 0 aromatic heterocycles. The molecule has 0 saturated carbocycles. The van der Waals surface area contributed by atoms with Crippen molar-refractivity contribution in [2.24, 2.45) is 0 Å². The van der Waals surface area contributed by atoms with Crippen molar-refractivity contribution in [3.63, 3.8) is 0 Å². The van der Waals surface area contributed by atoms with Crippen molar-refractivity contribution in [1.29, 1.82) is 0 Å². The van der Waals surface area contributed by atoms with Gasteiger partial charge in [0.1, 0.15) is 23.7 Å². The van der Waals surface area contributed by atoms with Crippen LogP contribution in [0.3, 0.4) is 0 Å². The molecular weight excluding hydrogens is 794 g/mol. The summed E-state index contributed by atoms with van der Waals surface area (Å²) >= 11 is 0. The number of aromatic hydroxyl groups is 1. The number of aryl methyl sites for hydroxylation is 2. The molecule has 0 atom stereocenters. The second-order valence-corrected chi connectivity index (χ2v) is 14.6. The van der Waals surface area contributed by atoms with Crippen molar-refractivity contribution in [2.45, 2.75) is 72.8 Å². The van der Waals surface area contributed by atoms with E-state index in [2.05, 4.69) is 66.7 Å². The number of esters is 1. The molecule has 0 bridgehead atoms. The van der Waals surface area contributed by atoms with E-state index in [1.807, 2.05) is 122 Å². The quantitative estimate of drug-likeness (QED) is 0.0714. The second kappa shape index (κ2) is 24.6. The molecule has 0 aliphatic rings. The van der Waals surface area contributed by atoms with Gasteiger partial charge in [-0.05, 0) is 72.6 Å². The van der Waals surface area contributed by atoms with Gasteiger partial charge in [0, 0.05) is 11.1 Å². The molecule has 6 heteroatoms. The molecule has 6 rings (SSSR count). The first-order valence-corrected chi connectivity index (χ1v) is 19.8. The van der Waals surface area contributed by atoms with E-state index >= 15 is 0 Å². The summed E-state index contributed by atoms with van der Waals surface area (Å²) < 4.78 is 11.8. The first kappa shape index (κ1) is 47.2. The van der Waals surface area contributed by atoms with Gasteiger partial charge in [0.15, 0.2) is 0 Å². The number of phenols is 1. The third-order valence-corrected chi connectivity index (χ3v) is 9.29. The van der Waals surface area contributed by atoms with Crippen LogP contribution in [-0.4, -0.2) is 24.2 Å². The van der Waals surface area contributed by atoms with Crippen LogP contribution in [0, 0.1) is 20.8 Å². The number of hydrogen-bond donors (Lipinski definition) is 1. The zero-order valence-electron chi connectivity index (χ0n) is 35.0. The molecule has 0 heterocycles. The van der Waals surface area contributed by atoms with Gasteiger partial charge in [0.25, 0.3) is 0 Å². The number of phenolic OH excluding ortho intramolecular Hbond substituents is 1. The first-order valence-electron chi connectivity index (χ1n) is 19.8. The number of hydrogen-bond acceptors (Lipinski definition) is 4. The standard InChI is InChI=1S/C38H44NO4.2C7H7.Zr/c1-7-28-17-18-35(42-20-12-19-39-36-30(25(2)3)15-11-16-31(36)26(4)5)32(23-28)33-21-27(6)22-34(37(33)40)38(41)43-24-29-13-9-8-10-14-29;2*1-7-5-3-2-4-6-7;/h8-11,13-18,21-23,25-26H,7,12,19-20,24H2,1-6H3,(H,40,41);2*2-6H,1H2;/q3*-1;+3. The molecule has 6 aromatic rings. The number of para-hydroxylation sites is 1. The van der Waals surface area contributed by atoms with Crippen molar-refractivity contribution in [2.75, 3.05) is 13.2 Å². The molecule has 0 aliphatic heterocycles. The topological polar surface area (TPSA) is 69.9 Å². The van der Waals surface area contributed by atoms with E-state index in [0.717, 1.165) is 51.9 Å². The molecule has 299 valence electrons. The van der Waals surface area contributed by atoms with Crippen molar-refractivity contribution in [3.8, 4) is 22.6 Å². The third kappa shape index (κ3) is 14.6. The number of carbonyl (C=O) groups excluding carboxylic acids is 1. The Hall–Kier alpha value is -5.19. The van der Waals surface area contributed by atoms with Crippen LogP contribution in [0.25, 0.3) is 16.4 Å². The fourth-order valence-corrected chi connectivity index (χ4v) is 6.16. The maximum Gasteiger partial charge on any atom is 3.00 e. The summed E-state index contributed by atoms with van der Waals surface area (Å²) in [7, 11) is 0. The Bertz CT molecular complexity index is 2050. The normalized spacial score (nSPS) is 10.3. The summed E-state index contributed by atoms with van der Waals surface area (Å²) in [6.45, 7) is 21.5. The molecule has 1 N–H and O–H groups in total. The summed E-state index contributed by atoms with van der Waals surface area (Å²) in [5, 5.41) is 16.3. The van der Waals surface area contributed by atoms with Gasteiger partial charge in [-0.2, -0.15) is 49.2 Å². The minimum absolute atomic E-state index is 0. The van der Waals surface area contributed by atoms with E-state index in [9.17, 15) is 9.90 Å². The Morgan fingerprint density at radius 3 is 1.74 bits per heavy atom. The molecule has 5 nitrogen and oxygen atoms in total. The molecule has 1 radical (unpaired) electrons. The second-order valence-electron chi connectivity index (χ2n) is 14.6. The zero-order chi connectivity index (χ0) is 41.2. The van der Waals surface area contributed by atoms with Crippen molar-refractivity contribution in [1.82, 2.24) is 0 Å². The van der Waals surface area contributed by atoms with Gasteiger partial charge in [0.05, 0.1) is 6.61 Å². The van der Waals surface area contributed by atoms with E-state index in [1.165, 1.54) is 11.1 Å². The molecular formula is C52H58NO4Zr. The average Bonchev–Trinajstić information content (AvgIpc) is 3.22. The Morgan fingerprint density at radius 2 is 1.24 bits per heavy atom. The molecule has 58 heavy (non-hydrogen) atoms. The Balaban J connectivity index is 0.000000501. The summed E-state index contributed by atoms with van der Waals surface area (Å²) in [5.74, 6) is 0.784. The van der Waals surface area contributed by atoms with Crippen molar-refractivity contribution in [3.05, 3.63) is 203 Å². The Labute approximate surface area is 367 Å². The summed E-state index contributed by atoms with van der Waals surface area (Å²) in [6, 6.07) is 45.3. The fraction of sp³-hybridized carbons (Fsp3) is 0.250. The van der Waals surface area contributed by atoms with E-state index in [-0.39, 0.29) is 44.1 Å². The van der Waals surface area contributed by atoms with Crippen molar-refractivity contribution >= 4 is 11.7 Å². The number of ether oxygens (including phenoxy) is 2. The van der Waals surface area contributed by atoms with Crippen LogP contribution >= 0.6 is 0 Å². The zero-order valence-corrected chi connectivity index (χ0v) is 37.5. The molecule has 0 fully saturated rings. The summed E-state index contributed by atoms with van der Waals surface area (Å²) in [5.41, 5.74) is 10.1. The maximum absolute atomic E-state index is 13.1. The molecule has 0 amide bonds. The van der Waals surface area contributed by atoms with Crippen molar-refractivity contribution < 1.29 is 45.6 Å². The van der Waals surface area contributed by atoms with Gasteiger partial charge < -0.3 is 19.9 Å². The minimum Gasteiger partial charge on any atom is -0.684 e. The van der Waals surface area contributed by atoms with Crippen LogP contribution < -0.4 is 4.74 Å². The van der Waals surface area contributed by atoms with Gasteiger partial charge in [-0.25, -0.2) is 4.79 Å². The molecule has 6 aromatic carbocycles. The predicted octanol–water partition coefficient (Wildman–Crippen LogP) is 13.7. The van der Waals surface area contributed by atoms with Crippen LogP contribution in [0.2, 0.25) is 0 Å². The SMILES string of the molecule is CCc1ccc(OCCC[N-]c2c(C(C)C)cccc2C(C)C)c(-c2cc(C)cc(C(=O)OCc3ccccc3)c2O)c1.[CH2-]c1ccccc1.[CH2-]c1ccccc1.[Zr+3]. The van der Waals surface area contributed by atoms with E-state index in [4.69, 9.17) is 14.8 Å². The first-order chi connectivity index (χ1) is 27.5. The van der Waals surface area contributed by atoms with Crippen LogP contribution in [-0.2, 0) is 44.0 Å². The van der Waals surface area contributed by atoms with E-state index in [1.54, 1.807) is 6.07 Å². The Kier molecular flexibility index (Phi) is 20.0. The van der Waals surface area contributed by atoms with Gasteiger partial charge in [-0.3, -0.25) is 0 Å². The smallest absolute Gasteiger partial charge is 0.684 e. The molecule has 0 spiro atoms. The summed E-state index contributed by atoms with van der Waals surface area (Å²) in [6.07, 6.45) is 1.58. The van der Waals surface area contributed by atoms with Crippen LogP contribution in [0.1, 0.15) is 102 Å². The minimum atomic E-state index is -0.565. The molecule has 0 unspecified atom stereocenters. The van der Waals surface area contributed by atoms with Crippen LogP contribution in [0.15, 0.2) is 140 Å². The van der Waals surface area contributed by atoms with Crippen LogP contribution in [0.4, 0.5) is 5.69 Å². The van der Waals surface area contributed by atoms with Crippen LogP contribution in [0.5, 0.6) is 11.5 Å². The largest absolute Gasteiger partial charge is 3.00 e. The molecule has 0 aliphatic carbocycles. The van der Waals surface area contributed by atoms with Gasteiger partial charge in [0.2, 0.25) is 0 Å². The van der Waals surface area contributed by atoms with E-state index < -0.39 is 5.97 Å². The number of nitrogens with zero attached hydrogens (tertiary/aromatic N) is 1. The predicted molar refractivity (Wildman–Crippen MR) is 238 cm³/mol. The summed E-state index contributed by atoms with van der Waals surface area (Å²) in [4.78, 5) is 13.1. The third-order valence-electron chi connectivity index (χ3n) is 9.29. The van der Waals surface area contributed by atoms with Gasteiger partial charge in [-0.1, -0.05) is 112 Å². The monoisotopic (exact) mass is 850 g/mol. The number of benzene rings is 6. The Morgan fingerprint density at radius 1 is 0.690 bits per heavy atom. The van der Waals surface area contributed by atoms with E-state index in [0.29, 0.717) is 36.3 Å². The molecule has 0 saturated heterocycles. The van der Waals surface area contributed by atoms with Gasteiger partial charge >= 0.3 is 32.2 Å². The van der Waals surface area contributed by atoms with Gasteiger partial charge in [-0.15, -0.1) is 36.5 Å². The number of rotatable bonds is 13. The number of carbonyl (C=O) groups is 1.